The van der Waals surface area contributed by atoms with Gasteiger partial charge >= 0.3 is 6.18 Å². The molecule has 1 aliphatic rings. The number of aromatic nitrogens is 1. The van der Waals surface area contributed by atoms with Gasteiger partial charge in [0.05, 0.1) is 10.5 Å². The lowest BCUT2D eigenvalue weighted by Crippen LogP contribution is -2.50. The lowest BCUT2D eigenvalue weighted by Gasteiger charge is -2.34. The summed E-state index contributed by atoms with van der Waals surface area (Å²) in [7, 11) is -3.91. The molecule has 10 heteroatoms. The molecule has 6 nitrogen and oxygen atoms in total. The molecule has 1 aliphatic heterocycles. The van der Waals surface area contributed by atoms with Gasteiger partial charge in [-0.1, -0.05) is 6.07 Å². The van der Waals surface area contributed by atoms with E-state index in [0.717, 1.165) is 29.8 Å². The molecule has 0 unspecified atom stereocenters. The molecule has 1 aromatic carbocycles. The summed E-state index contributed by atoms with van der Waals surface area (Å²) in [4.78, 5) is 17.8. The summed E-state index contributed by atoms with van der Waals surface area (Å²) in [6.07, 6.45) is -0.318. The molecule has 1 aromatic heterocycles. The van der Waals surface area contributed by atoms with Crippen LogP contribution in [-0.2, 0) is 27.4 Å². The highest BCUT2D eigenvalue weighted by Crippen LogP contribution is 2.30. The Hall–Kier alpha value is -2.46. The first-order chi connectivity index (χ1) is 13.7. The molecule has 1 fully saturated rings. The largest absolute Gasteiger partial charge is 0.416 e. The first-order valence-electron chi connectivity index (χ1n) is 9.02. The fourth-order valence-electron chi connectivity index (χ4n) is 3.10. The van der Waals surface area contributed by atoms with Crippen molar-refractivity contribution in [3.8, 4) is 0 Å². The second kappa shape index (κ2) is 8.50. The smallest absolute Gasteiger partial charge is 0.340 e. The van der Waals surface area contributed by atoms with E-state index < -0.39 is 21.8 Å². The van der Waals surface area contributed by atoms with Crippen LogP contribution < -0.4 is 0 Å². The second-order valence-electron chi connectivity index (χ2n) is 6.67. The number of nitrogens with zero attached hydrogens (tertiary/aromatic N) is 3. The summed E-state index contributed by atoms with van der Waals surface area (Å²) in [5, 5.41) is 0. The number of amides is 1. The van der Waals surface area contributed by atoms with Crippen molar-refractivity contribution in [2.75, 3.05) is 26.2 Å². The van der Waals surface area contributed by atoms with Crippen LogP contribution in [0, 0.1) is 0 Å². The number of alkyl halides is 3. The van der Waals surface area contributed by atoms with Gasteiger partial charge in [0.2, 0.25) is 15.9 Å². The molecule has 0 N–H and O–H groups in total. The summed E-state index contributed by atoms with van der Waals surface area (Å²) >= 11 is 0. The third-order valence-corrected chi connectivity index (χ3v) is 6.67. The minimum Gasteiger partial charge on any atom is -0.340 e. The highest BCUT2D eigenvalue weighted by Gasteiger charge is 2.33. The molecule has 29 heavy (non-hydrogen) atoms. The molecule has 2 heterocycles. The van der Waals surface area contributed by atoms with Crippen molar-refractivity contribution in [3.05, 3.63) is 59.9 Å². The van der Waals surface area contributed by atoms with Crippen molar-refractivity contribution in [1.82, 2.24) is 14.2 Å². The molecule has 156 valence electrons. The third-order valence-electron chi connectivity index (χ3n) is 4.76. The molecule has 0 radical (unpaired) electrons. The van der Waals surface area contributed by atoms with Gasteiger partial charge in [-0.05, 0) is 42.3 Å². The van der Waals surface area contributed by atoms with Gasteiger partial charge in [-0.2, -0.15) is 17.5 Å². The van der Waals surface area contributed by atoms with Crippen molar-refractivity contribution < 1.29 is 26.4 Å². The van der Waals surface area contributed by atoms with Gasteiger partial charge in [0, 0.05) is 45.0 Å². The van der Waals surface area contributed by atoms with Gasteiger partial charge in [-0.25, -0.2) is 8.42 Å². The number of carbonyl (C=O) groups is 1. The number of benzene rings is 1. The highest BCUT2D eigenvalue weighted by atomic mass is 32.2. The third kappa shape index (κ3) is 5.13. The maximum Gasteiger partial charge on any atom is 0.416 e. The highest BCUT2D eigenvalue weighted by molar-refractivity contribution is 7.89. The average Bonchev–Trinajstić information content (AvgIpc) is 2.72. The first kappa shape index (κ1) is 21.3. The predicted molar refractivity (Wildman–Crippen MR) is 99.3 cm³/mol. The summed E-state index contributed by atoms with van der Waals surface area (Å²) in [5.41, 5.74) is 0.0462. The van der Waals surface area contributed by atoms with Crippen LogP contribution in [0.3, 0.4) is 0 Å². The van der Waals surface area contributed by atoms with E-state index in [4.69, 9.17) is 0 Å². The zero-order valence-electron chi connectivity index (χ0n) is 15.5. The molecule has 0 bridgehead atoms. The zero-order valence-corrected chi connectivity index (χ0v) is 16.3. The quantitative estimate of drug-likeness (QED) is 0.736. The topological polar surface area (TPSA) is 70.6 Å². The maximum atomic E-state index is 12.7. The molecule has 1 amide bonds. The Balaban J connectivity index is 1.57. The van der Waals surface area contributed by atoms with E-state index >= 15 is 0 Å². The Morgan fingerprint density at radius 1 is 1.03 bits per heavy atom. The number of sulfonamides is 1. The normalized spacial score (nSPS) is 16.0. The number of halogens is 3. The number of carbonyl (C=O) groups excluding carboxylic acids is 1. The fraction of sp³-hybridized carbons (Fsp3) is 0.368. The Morgan fingerprint density at radius 2 is 1.69 bits per heavy atom. The van der Waals surface area contributed by atoms with Gasteiger partial charge in [0.1, 0.15) is 0 Å². The van der Waals surface area contributed by atoms with Crippen LogP contribution in [0.25, 0.3) is 0 Å². The van der Waals surface area contributed by atoms with E-state index in [-0.39, 0.29) is 37.0 Å². The van der Waals surface area contributed by atoms with Crippen LogP contribution in [0.4, 0.5) is 13.2 Å². The van der Waals surface area contributed by atoms with E-state index in [1.54, 1.807) is 23.4 Å². The lowest BCUT2D eigenvalue weighted by molar-refractivity contribution is -0.137. The number of rotatable bonds is 5. The van der Waals surface area contributed by atoms with Crippen LogP contribution in [0.5, 0.6) is 0 Å². The van der Waals surface area contributed by atoms with Crippen molar-refractivity contribution >= 4 is 15.9 Å². The summed E-state index contributed by atoms with van der Waals surface area (Å²) in [5.74, 6) is -0.0690. The fourth-order valence-corrected chi connectivity index (χ4v) is 4.52. The zero-order chi connectivity index (χ0) is 21.1. The van der Waals surface area contributed by atoms with E-state index in [1.807, 2.05) is 6.07 Å². The molecule has 1 saturated heterocycles. The number of hydrogen-bond donors (Lipinski definition) is 0. The molecule has 3 rings (SSSR count). The Kier molecular flexibility index (Phi) is 6.23. The van der Waals surface area contributed by atoms with Crippen LogP contribution in [0.1, 0.15) is 17.5 Å². The molecular weight excluding hydrogens is 407 g/mol. The van der Waals surface area contributed by atoms with E-state index in [0.29, 0.717) is 12.8 Å². The van der Waals surface area contributed by atoms with Crippen molar-refractivity contribution in [2.24, 2.45) is 0 Å². The van der Waals surface area contributed by atoms with Crippen LogP contribution in [-0.4, -0.2) is 54.7 Å². The number of aryl methyl sites for hydroxylation is 1. The lowest BCUT2D eigenvalue weighted by atomic mass is 10.1. The predicted octanol–water partition coefficient (Wildman–Crippen LogP) is 2.57. The van der Waals surface area contributed by atoms with Crippen molar-refractivity contribution in [3.63, 3.8) is 0 Å². The van der Waals surface area contributed by atoms with Crippen molar-refractivity contribution in [2.45, 2.75) is 23.9 Å². The molecule has 0 spiro atoms. The number of piperazine rings is 1. The standard InChI is InChI=1S/C19H20F3N3O3S/c20-19(21,22)16-4-6-17(7-5-16)29(27,28)25-12-10-24(11-13-25)18(26)8-3-15-2-1-9-23-14-15/h1-2,4-7,9,14H,3,8,10-13H2. The van der Waals surface area contributed by atoms with Crippen LogP contribution in [0.15, 0.2) is 53.7 Å². The van der Waals surface area contributed by atoms with Crippen LogP contribution >= 0.6 is 0 Å². The second-order valence-corrected chi connectivity index (χ2v) is 8.61. The SMILES string of the molecule is O=C(CCc1cccnc1)N1CCN(S(=O)(=O)c2ccc(C(F)(F)F)cc2)CC1. The molecule has 2 aromatic rings. The molecule has 0 saturated carbocycles. The van der Waals surface area contributed by atoms with Crippen molar-refractivity contribution in [1.29, 1.82) is 0 Å². The Morgan fingerprint density at radius 3 is 2.24 bits per heavy atom. The summed E-state index contributed by atoms with van der Waals surface area (Å²) in [6.45, 7) is 0.682. The van der Waals surface area contributed by atoms with Gasteiger partial charge in [0.15, 0.2) is 0 Å². The van der Waals surface area contributed by atoms with Gasteiger partial charge in [-0.3, -0.25) is 9.78 Å². The van der Waals surface area contributed by atoms with Gasteiger partial charge in [-0.15, -0.1) is 0 Å². The number of pyridine rings is 1. The Bertz CT molecular complexity index is 940. The number of hydrogen-bond acceptors (Lipinski definition) is 4. The summed E-state index contributed by atoms with van der Waals surface area (Å²) < 4.78 is 64.5. The van der Waals surface area contributed by atoms with Gasteiger partial charge in [0.25, 0.3) is 0 Å². The van der Waals surface area contributed by atoms with Gasteiger partial charge < -0.3 is 4.90 Å². The van der Waals surface area contributed by atoms with E-state index in [9.17, 15) is 26.4 Å². The van der Waals surface area contributed by atoms with E-state index in [1.165, 1.54) is 4.31 Å². The molecule has 0 aliphatic carbocycles. The summed E-state index contributed by atoms with van der Waals surface area (Å²) in [6, 6.07) is 7.11. The maximum absolute atomic E-state index is 12.7. The molecular formula is C19H20F3N3O3S. The monoisotopic (exact) mass is 427 g/mol. The first-order valence-corrected chi connectivity index (χ1v) is 10.5. The Labute approximate surface area is 167 Å². The minimum absolute atomic E-state index is 0.0690. The minimum atomic E-state index is -4.52. The van der Waals surface area contributed by atoms with E-state index in [2.05, 4.69) is 4.98 Å². The molecule has 0 atom stereocenters. The average molecular weight is 427 g/mol. The van der Waals surface area contributed by atoms with Crippen LogP contribution in [0.2, 0.25) is 0 Å².